The lowest BCUT2D eigenvalue weighted by Crippen LogP contribution is -2.35. The fourth-order valence-corrected chi connectivity index (χ4v) is 5.12. The van der Waals surface area contributed by atoms with E-state index in [4.69, 9.17) is 0 Å². The van der Waals surface area contributed by atoms with Gasteiger partial charge in [-0.3, -0.25) is 4.79 Å². The Kier molecular flexibility index (Phi) is 6.11. The van der Waals surface area contributed by atoms with Gasteiger partial charge in [0.25, 0.3) is 0 Å². The van der Waals surface area contributed by atoms with Gasteiger partial charge in [0.1, 0.15) is 9.86 Å². The molecule has 0 aliphatic heterocycles. The molecule has 0 fully saturated rings. The van der Waals surface area contributed by atoms with Crippen molar-refractivity contribution in [3.8, 4) is 0 Å². The third-order valence-corrected chi connectivity index (χ3v) is 7.47. The van der Waals surface area contributed by atoms with Gasteiger partial charge in [0.2, 0.25) is 15.9 Å². The molecule has 0 aliphatic rings. The summed E-state index contributed by atoms with van der Waals surface area (Å²) < 4.78 is 30.0. The van der Waals surface area contributed by atoms with Crippen LogP contribution in [0, 0.1) is 12.3 Å². The molecule has 0 bridgehead atoms. The van der Waals surface area contributed by atoms with Crippen molar-refractivity contribution in [2.75, 3.05) is 6.54 Å². The highest BCUT2D eigenvalue weighted by Crippen LogP contribution is 2.22. The van der Waals surface area contributed by atoms with Crippen LogP contribution in [-0.4, -0.2) is 30.3 Å². The van der Waals surface area contributed by atoms with Crippen molar-refractivity contribution in [2.45, 2.75) is 44.9 Å². The first-order valence-electron chi connectivity index (χ1n) is 9.36. The predicted molar refractivity (Wildman–Crippen MR) is 114 cm³/mol. The first-order valence-corrected chi connectivity index (χ1v) is 11.7. The summed E-state index contributed by atoms with van der Waals surface area (Å²) in [5.41, 5.74) is 2.04. The molecular weight excluding hydrogens is 408 g/mol. The Bertz CT molecular complexity index is 1120. The van der Waals surface area contributed by atoms with Crippen molar-refractivity contribution < 1.29 is 13.2 Å². The Morgan fingerprint density at radius 2 is 1.97 bits per heavy atom. The normalized spacial score (nSPS) is 12.4. The molecule has 0 aliphatic carbocycles. The zero-order chi connectivity index (χ0) is 21.2. The van der Waals surface area contributed by atoms with Crippen LogP contribution in [0.25, 0.3) is 5.65 Å². The van der Waals surface area contributed by atoms with Gasteiger partial charge in [-0.25, -0.2) is 18.1 Å². The van der Waals surface area contributed by atoms with Crippen LogP contribution < -0.4 is 10.0 Å². The van der Waals surface area contributed by atoms with Crippen molar-refractivity contribution in [1.82, 2.24) is 19.4 Å². The van der Waals surface area contributed by atoms with E-state index in [1.165, 1.54) is 11.3 Å². The standard InChI is InChI=1S/C20H26N4O3S2/c1-14-6-5-7-17-23-15(13-24(14)17)12-22-29(26,27)18-9-8-16(28-18)10-11-21-19(25)20(2,3)4/h5-9,13,22H,10-12H2,1-4H3,(H,21,25). The van der Waals surface area contributed by atoms with Crippen LogP contribution in [0.2, 0.25) is 0 Å². The van der Waals surface area contributed by atoms with Gasteiger partial charge in [0.05, 0.1) is 12.2 Å². The number of aromatic nitrogens is 2. The van der Waals surface area contributed by atoms with Crippen molar-refractivity contribution in [3.05, 3.63) is 52.8 Å². The maximum atomic E-state index is 12.6. The Balaban J connectivity index is 1.59. The second-order valence-electron chi connectivity index (χ2n) is 7.93. The van der Waals surface area contributed by atoms with Crippen LogP contribution in [0.3, 0.4) is 0 Å². The monoisotopic (exact) mass is 434 g/mol. The molecule has 2 N–H and O–H groups in total. The van der Waals surface area contributed by atoms with Crippen molar-refractivity contribution in [2.24, 2.45) is 5.41 Å². The first-order chi connectivity index (χ1) is 13.6. The number of amides is 1. The van der Waals surface area contributed by atoms with Crippen LogP contribution in [0.4, 0.5) is 0 Å². The number of imidazole rings is 1. The number of nitrogens with one attached hydrogen (secondary N) is 2. The topological polar surface area (TPSA) is 92.6 Å². The molecule has 3 aromatic rings. The number of carbonyl (C=O) groups excluding carboxylic acids is 1. The molecule has 9 heteroatoms. The first kappa shape index (κ1) is 21.5. The molecule has 3 rings (SSSR count). The summed E-state index contributed by atoms with van der Waals surface area (Å²) >= 11 is 1.21. The van der Waals surface area contributed by atoms with Gasteiger partial charge in [-0.05, 0) is 37.6 Å². The van der Waals surface area contributed by atoms with Crippen LogP contribution in [0.5, 0.6) is 0 Å². The lowest BCUT2D eigenvalue weighted by atomic mass is 9.96. The van der Waals surface area contributed by atoms with Gasteiger partial charge in [-0.15, -0.1) is 11.3 Å². The van der Waals surface area contributed by atoms with Crippen LogP contribution in [-0.2, 0) is 27.8 Å². The molecule has 3 aromatic heterocycles. The molecule has 0 saturated heterocycles. The summed E-state index contributed by atoms with van der Waals surface area (Å²) in [7, 11) is -3.62. The van der Waals surface area contributed by atoms with Gasteiger partial charge in [-0.2, -0.15) is 0 Å². The van der Waals surface area contributed by atoms with Crippen molar-refractivity contribution in [1.29, 1.82) is 0 Å². The third-order valence-electron chi connectivity index (χ3n) is 4.43. The van der Waals surface area contributed by atoms with E-state index in [0.29, 0.717) is 18.7 Å². The summed E-state index contributed by atoms with van der Waals surface area (Å²) in [5.74, 6) is -0.0220. The Morgan fingerprint density at radius 3 is 2.66 bits per heavy atom. The Morgan fingerprint density at radius 1 is 1.21 bits per heavy atom. The summed E-state index contributed by atoms with van der Waals surface area (Å²) in [6, 6.07) is 9.16. The number of nitrogens with zero attached hydrogens (tertiary/aromatic N) is 2. The highest BCUT2D eigenvalue weighted by atomic mass is 32.2. The van der Waals surface area contributed by atoms with E-state index < -0.39 is 15.4 Å². The van der Waals surface area contributed by atoms with E-state index >= 15 is 0 Å². The van der Waals surface area contributed by atoms with Gasteiger partial charge < -0.3 is 9.72 Å². The Labute approximate surface area is 175 Å². The quantitative estimate of drug-likeness (QED) is 0.598. The van der Waals surface area contributed by atoms with Crippen molar-refractivity contribution in [3.63, 3.8) is 0 Å². The molecule has 1 amide bonds. The summed E-state index contributed by atoms with van der Waals surface area (Å²) in [4.78, 5) is 17.3. The fraction of sp³-hybridized carbons (Fsp3) is 0.400. The number of thiophene rings is 1. The molecular formula is C20H26N4O3S2. The number of fused-ring (bicyclic) bond motifs is 1. The highest BCUT2D eigenvalue weighted by molar-refractivity contribution is 7.91. The van der Waals surface area contributed by atoms with E-state index in [1.54, 1.807) is 12.1 Å². The van der Waals surface area contributed by atoms with Gasteiger partial charge in [0.15, 0.2) is 0 Å². The zero-order valence-corrected chi connectivity index (χ0v) is 18.7. The van der Waals surface area contributed by atoms with E-state index in [1.807, 2.05) is 56.5 Å². The van der Waals surface area contributed by atoms with Crippen molar-refractivity contribution >= 4 is 32.9 Å². The van der Waals surface area contributed by atoms with E-state index in [-0.39, 0.29) is 16.7 Å². The average molecular weight is 435 g/mol. The minimum Gasteiger partial charge on any atom is -0.355 e. The number of aryl methyl sites for hydroxylation is 1. The summed E-state index contributed by atoms with van der Waals surface area (Å²) in [6.45, 7) is 8.14. The lowest BCUT2D eigenvalue weighted by molar-refractivity contribution is -0.128. The number of sulfonamides is 1. The van der Waals surface area contributed by atoms with E-state index in [9.17, 15) is 13.2 Å². The third kappa shape index (κ3) is 5.23. The maximum Gasteiger partial charge on any atom is 0.250 e. The maximum absolute atomic E-state index is 12.6. The van der Waals surface area contributed by atoms with Gasteiger partial charge in [-0.1, -0.05) is 26.8 Å². The van der Waals surface area contributed by atoms with Gasteiger partial charge in [0, 0.05) is 28.7 Å². The molecule has 156 valence electrons. The number of pyridine rings is 1. The second-order valence-corrected chi connectivity index (χ2v) is 11.1. The number of rotatable bonds is 7. The summed E-state index contributed by atoms with van der Waals surface area (Å²) in [5, 5.41) is 2.88. The lowest BCUT2D eigenvalue weighted by Gasteiger charge is -2.17. The predicted octanol–water partition coefficient (Wildman–Crippen LogP) is 2.89. The van der Waals surface area contributed by atoms with E-state index in [0.717, 1.165) is 16.2 Å². The molecule has 0 unspecified atom stereocenters. The molecule has 0 aromatic carbocycles. The fourth-order valence-electron chi connectivity index (χ4n) is 2.73. The van der Waals surface area contributed by atoms with Crippen LogP contribution >= 0.6 is 11.3 Å². The number of hydrogen-bond acceptors (Lipinski definition) is 5. The second kappa shape index (κ2) is 8.25. The molecule has 3 heterocycles. The van der Waals surface area contributed by atoms with Crippen LogP contribution in [0.15, 0.2) is 40.7 Å². The number of hydrogen-bond donors (Lipinski definition) is 2. The zero-order valence-electron chi connectivity index (χ0n) is 17.0. The largest absolute Gasteiger partial charge is 0.355 e. The molecule has 0 atom stereocenters. The summed E-state index contributed by atoms with van der Waals surface area (Å²) in [6.07, 6.45) is 2.43. The highest BCUT2D eigenvalue weighted by Gasteiger charge is 2.21. The Hall–Kier alpha value is -2.23. The minimum absolute atomic E-state index is 0.0220. The molecule has 0 saturated carbocycles. The molecule has 29 heavy (non-hydrogen) atoms. The van der Waals surface area contributed by atoms with Crippen LogP contribution in [0.1, 0.15) is 37.0 Å². The number of carbonyl (C=O) groups is 1. The molecule has 7 nitrogen and oxygen atoms in total. The molecule has 0 radical (unpaired) electrons. The average Bonchev–Trinajstić information content (AvgIpc) is 3.27. The SMILES string of the molecule is Cc1cccc2nc(CNS(=O)(=O)c3ccc(CCNC(=O)C(C)(C)C)s3)cn12. The smallest absolute Gasteiger partial charge is 0.250 e. The minimum atomic E-state index is -3.62. The molecule has 0 spiro atoms. The van der Waals surface area contributed by atoms with Gasteiger partial charge >= 0.3 is 0 Å². The van der Waals surface area contributed by atoms with E-state index in [2.05, 4.69) is 15.0 Å².